The Labute approximate surface area is 153 Å². The maximum atomic E-state index is 12.5. The molecule has 0 bridgehead atoms. The maximum absolute atomic E-state index is 12.5. The molecule has 2 aromatic rings. The van der Waals surface area contributed by atoms with Gasteiger partial charge in [0.25, 0.3) is 0 Å². The van der Waals surface area contributed by atoms with Crippen LogP contribution in [0.25, 0.3) is 0 Å². The number of hydrogen-bond acceptors (Lipinski definition) is 5. The van der Waals surface area contributed by atoms with Crippen LogP contribution in [0.4, 0.5) is 5.82 Å². The first-order valence-electron chi connectivity index (χ1n) is 9.21. The molecule has 1 amide bonds. The molecule has 1 atom stereocenters. The molecule has 0 unspecified atom stereocenters. The largest absolute Gasteiger partial charge is 0.373 e. The van der Waals surface area contributed by atoms with Crippen molar-refractivity contribution < 1.29 is 9.53 Å². The van der Waals surface area contributed by atoms with Gasteiger partial charge in [0.2, 0.25) is 5.91 Å². The quantitative estimate of drug-likeness (QED) is 0.914. The summed E-state index contributed by atoms with van der Waals surface area (Å²) in [6.45, 7) is 2.21. The summed E-state index contributed by atoms with van der Waals surface area (Å²) in [6, 6.07) is 10.2. The molecule has 1 N–H and O–H groups in total. The zero-order chi connectivity index (χ0) is 17.8. The van der Waals surface area contributed by atoms with Crippen molar-refractivity contribution >= 4 is 11.7 Å². The van der Waals surface area contributed by atoms with Gasteiger partial charge < -0.3 is 15.0 Å². The number of piperidine rings is 1. The predicted molar refractivity (Wildman–Crippen MR) is 98.7 cm³/mol. The van der Waals surface area contributed by atoms with Gasteiger partial charge in [0.15, 0.2) is 0 Å². The molecule has 26 heavy (non-hydrogen) atoms. The number of rotatable bonds is 4. The molecule has 1 spiro atoms. The molecule has 1 aromatic heterocycles. The van der Waals surface area contributed by atoms with Gasteiger partial charge in [0.05, 0.1) is 30.9 Å². The van der Waals surface area contributed by atoms with E-state index in [0.717, 1.165) is 43.7 Å². The van der Waals surface area contributed by atoms with Crippen molar-refractivity contribution in [1.82, 2.24) is 14.9 Å². The molecule has 6 nitrogen and oxygen atoms in total. The van der Waals surface area contributed by atoms with Gasteiger partial charge >= 0.3 is 0 Å². The SMILES string of the molecule is O=C(Cc1ccccc1)N1CCC2(CC1)C[C@@H](Nc1cnccn1)CO2. The summed E-state index contributed by atoms with van der Waals surface area (Å²) >= 11 is 0. The Kier molecular flexibility index (Phi) is 4.84. The Balaban J connectivity index is 1.29. The second kappa shape index (κ2) is 7.41. The second-order valence-corrected chi connectivity index (χ2v) is 7.17. The topological polar surface area (TPSA) is 67.4 Å². The summed E-state index contributed by atoms with van der Waals surface area (Å²) in [5, 5.41) is 3.40. The van der Waals surface area contributed by atoms with Crippen molar-refractivity contribution in [2.75, 3.05) is 25.0 Å². The lowest BCUT2D eigenvalue weighted by molar-refractivity contribution is -0.135. The molecule has 2 fully saturated rings. The summed E-state index contributed by atoms with van der Waals surface area (Å²) in [4.78, 5) is 22.9. The van der Waals surface area contributed by atoms with E-state index in [0.29, 0.717) is 13.0 Å². The number of nitrogens with one attached hydrogen (secondary N) is 1. The van der Waals surface area contributed by atoms with E-state index in [-0.39, 0.29) is 17.6 Å². The zero-order valence-corrected chi connectivity index (χ0v) is 14.8. The highest BCUT2D eigenvalue weighted by atomic mass is 16.5. The Morgan fingerprint density at radius 3 is 2.77 bits per heavy atom. The summed E-state index contributed by atoms with van der Waals surface area (Å²) < 4.78 is 6.16. The lowest BCUT2D eigenvalue weighted by Gasteiger charge is -2.38. The van der Waals surface area contributed by atoms with Gasteiger partial charge in [-0.25, -0.2) is 4.98 Å². The van der Waals surface area contributed by atoms with Crippen LogP contribution in [-0.4, -0.2) is 52.1 Å². The fraction of sp³-hybridized carbons (Fsp3) is 0.450. The Hall–Kier alpha value is -2.47. The molecule has 6 heteroatoms. The van der Waals surface area contributed by atoms with Crippen LogP contribution in [-0.2, 0) is 16.0 Å². The average Bonchev–Trinajstić information content (AvgIpc) is 3.06. The monoisotopic (exact) mass is 352 g/mol. The molecule has 2 aliphatic heterocycles. The van der Waals surface area contributed by atoms with Crippen LogP contribution < -0.4 is 5.32 Å². The Bertz CT molecular complexity index is 730. The van der Waals surface area contributed by atoms with E-state index in [1.807, 2.05) is 35.2 Å². The van der Waals surface area contributed by atoms with Gasteiger partial charge in [-0.2, -0.15) is 0 Å². The second-order valence-electron chi connectivity index (χ2n) is 7.17. The van der Waals surface area contributed by atoms with Crippen LogP contribution in [0.1, 0.15) is 24.8 Å². The van der Waals surface area contributed by atoms with E-state index in [2.05, 4.69) is 15.3 Å². The minimum absolute atomic E-state index is 0.108. The minimum Gasteiger partial charge on any atom is -0.373 e. The summed E-state index contributed by atoms with van der Waals surface area (Å²) in [5.41, 5.74) is 0.965. The number of hydrogen-bond donors (Lipinski definition) is 1. The van der Waals surface area contributed by atoms with Crippen LogP contribution in [0.15, 0.2) is 48.9 Å². The molecule has 2 aliphatic rings. The van der Waals surface area contributed by atoms with Crippen molar-refractivity contribution in [3.8, 4) is 0 Å². The van der Waals surface area contributed by atoms with E-state index in [9.17, 15) is 4.79 Å². The van der Waals surface area contributed by atoms with Crippen molar-refractivity contribution in [3.05, 3.63) is 54.5 Å². The standard InChI is InChI=1S/C20H24N4O2/c25-19(12-16-4-2-1-3-5-16)24-10-6-20(7-11-24)13-17(15-26-20)23-18-14-21-8-9-22-18/h1-5,8-9,14,17H,6-7,10-13,15H2,(H,22,23)/t17-/m1/s1. The molecular formula is C20H24N4O2. The number of aromatic nitrogens is 2. The van der Waals surface area contributed by atoms with Gasteiger partial charge in [0, 0.05) is 25.5 Å². The number of nitrogens with zero attached hydrogens (tertiary/aromatic N) is 3. The van der Waals surface area contributed by atoms with Gasteiger partial charge in [-0.05, 0) is 24.8 Å². The first kappa shape index (κ1) is 17.0. The molecule has 0 saturated carbocycles. The number of benzene rings is 1. The fourth-order valence-corrected chi connectivity index (χ4v) is 3.91. The van der Waals surface area contributed by atoms with E-state index in [1.54, 1.807) is 18.6 Å². The lowest BCUT2D eigenvalue weighted by atomic mass is 9.87. The third kappa shape index (κ3) is 3.85. The van der Waals surface area contributed by atoms with E-state index in [1.165, 1.54) is 0 Å². The van der Waals surface area contributed by atoms with Gasteiger partial charge in [-0.15, -0.1) is 0 Å². The minimum atomic E-state index is -0.108. The van der Waals surface area contributed by atoms with Crippen LogP contribution in [0.5, 0.6) is 0 Å². The van der Waals surface area contributed by atoms with Crippen LogP contribution in [0.3, 0.4) is 0 Å². The van der Waals surface area contributed by atoms with Crippen LogP contribution >= 0.6 is 0 Å². The molecule has 2 saturated heterocycles. The third-order valence-corrected chi connectivity index (χ3v) is 5.35. The predicted octanol–water partition coefficient (Wildman–Crippen LogP) is 2.28. The van der Waals surface area contributed by atoms with E-state index in [4.69, 9.17) is 4.74 Å². The van der Waals surface area contributed by atoms with Crippen LogP contribution in [0, 0.1) is 0 Å². The van der Waals surface area contributed by atoms with Gasteiger partial charge in [-0.1, -0.05) is 30.3 Å². The molecule has 3 heterocycles. The normalized spacial score (nSPS) is 21.7. The third-order valence-electron chi connectivity index (χ3n) is 5.35. The number of carbonyl (C=O) groups excluding carboxylic acids is 1. The molecular weight excluding hydrogens is 328 g/mol. The zero-order valence-electron chi connectivity index (χ0n) is 14.8. The lowest BCUT2D eigenvalue weighted by Crippen LogP contribution is -2.47. The summed E-state index contributed by atoms with van der Waals surface area (Å²) in [6.07, 6.45) is 8.30. The maximum Gasteiger partial charge on any atom is 0.226 e. The molecule has 4 rings (SSSR count). The number of likely N-dealkylation sites (tertiary alicyclic amines) is 1. The van der Waals surface area contributed by atoms with E-state index < -0.39 is 0 Å². The molecule has 0 aliphatic carbocycles. The van der Waals surface area contributed by atoms with Gasteiger partial charge in [-0.3, -0.25) is 9.78 Å². The number of ether oxygens (including phenoxy) is 1. The number of amides is 1. The number of anilines is 1. The summed E-state index contributed by atoms with van der Waals surface area (Å²) in [5.74, 6) is 0.993. The fourth-order valence-electron chi connectivity index (χ4n) is 3.91. The van der Waals surface area contributed by atoms with Crippen molar-refractivity contribution in [1.29, 1.82) is 0 Å². The highest BCUT2D eigenvalue weighted by molar-refractivity contribution is 5.78. The molecule has 136 valence electrons. The van der Waals surface area contributed by atoms with Crippen LogP contribution in [0.2, 0.25) is 0 Å². The summed E-state index contributed by atoms with van der Waals surface area (Å²) in [7, 11) is 0. The van der Waals surface area contributed by atoms with Crippen molar-refractivity contribution in [2.45, 2.75) is 37.3 Å². The average molecular weight is 352 g/mol. The first-order valence-corrected chi connectivity index (χ1v) is 9.21. The Morgan fingerprint density at radius 2 is 2.04 bits per heavy atom. The van der Waals surface area contributed by atoms with Crippen molar-refractivity contribution in [3.63, 3.8) is 0 Å². The smallest absolute Gasteiger partial charge is 0.226 e. The Morgan fingerprint density at radius 1 is 1.23 bits per heavy atom. The molecule has 0 radical (unpaired) electrons. The number of carbonyl (C=O) groups is 1. The van der Waals surface area contributed by atoms with E-state index >= 15 is 0 Å². The van der Waals surface area contributed by atoms with Crippen molar-refractivity contribution in [2.24, 2.45) is 0 Å². The highest BCUT2D eigenvalue weighted by Gasteiger charge is 2.43. The highest BCUT2D eigenvalue weighted by Crippen LogP contribution is 2.36. The molecule has 1 aromatic carbocycles. The first-order chi connectivity index (χ1) is 12.7. The van der Waals surface area contributed by atoms with Gasteiger partial charge in [0.1, 0.15) is 5.82 Å².